The second kappa shape index (κ2) is 5.06. The molecule has 3 heterocycles. The number of nitrogens with zero attached hydrogens (tertiary/aromatic N) is 5. The number of rotatable bonds is 2. The first-order valence-electron chi connectivity index (χ1n) is 7.29. The molecule has 0 spiro atoms. The number of aryl methyl sites for hydroxylation is 2. The van der Waals surface area contributed by atoms with Crippen LogP contribution in [0.2, 0.25) is 0 Å². The van der Waals surface area contributed by atoms with Crippen LogP contribution in [0.25, 0.3) is 27.8 Å². The molecule has 1 aromatic carbocycles. The molecule has 7 heteroatoms. The molecule has 0 aliphatic heterocycles. The molecule has 6 nitrogen and oxygen atoms in total. The van der Waals surface area contributed by atoms with Gasteiger partial charge in [0.1, 0.15) is 5.65 Å². The van der Waals surface area contributed by atoms with Crippen molar-refractivity contribution in [2.75, 3.05) is 0 Å². The van der Waals surface area contributed by atoms with E-state index in [2.05, 4.69) is 26.1 Å². The molecule has 0 amide bonds. The van der Waals surface area contributed by atoms with Crippen LogP contribution in [0.5, 0.6) is 0 Å². The number of benzene rings is 1. The van der Waals surface area contributed by atoms with Gasteiger partial charge in [-0.05, 0) is 25.1 Å². The van der Waals surface area contributed by atoms with E-state index >= 15 is 0 Å². The topological polar surface area (TPSA) is 57.1 Å². The van der Waals surface area contributed by atoms with Crippen molar-refractivity contribution in [2.24, 2.45) is 7.05 Å². The Bertz CT molecular complexity index is 1110. The van der Waals surface area contributed by atoms with Gasteiger partial charge in [-0.1, -0.05) is 15.9 Å². The van der Waals surface area contributed by atoms with Crippen LogP contribution in [-0.2, 0) is 13.6 Å². The Labute approximate surface area is 140 Å². The first-order valence-corrected chi connectivity index (χ1v) is 8.08. The molecule has 0 N–H and O–H groups in total. The van der Waals surface area contributed by atoms with Crippen molar-refractivity contribution in [3.05, 3.63) is 51.5 Å². The quantitative estimate of drug-likeness (QED) is 0.544. The third-order valence-electron chi connectivity index (χ3n) is 4.01. The highest BCUT2D eigenvalue weighted by molar-refractivity contribution is 9.10. The zero-order valence-corrected chi connectivity index (χ0v) is 14.3. The molecule has 0 unspecified atom stereocenters. The molecule has 3 aromatic heterocycles. The number of fused-ring (bicyclic) bond motifs is 3. The highest BCUT2D eigenvalue weighted by Gasteiger charge is 2.14. The average Bonchev–Trinajstić information content (AvgIpc) is 3.19. The van der Waals surface area contributed by atoms with Crippen LogP contribution in [0.4, 0.5) is 0 Å². The van der Waals surface area contributed by atoms with Crippen molar-refractivity contribution in [3.63, 3.8) is 0 Å². The van der Waals surface area contributed by atoms with Gasteiger partial charge in [0, 0.05) is 35.9 Å². The Kier molecular flexibility index (Phi) is 3.12. The smallest absolute Gasteiger partial charge is 0.261 e. The molecule has 23 heavy (non-hydrogen) atoms. The van der Waals surface area contributed by atoms with Gasteiger partial charge in [0.2, 0.25) is 0 Å². The minimum absolute atomic E-state index is 0.0318. The van der Waals surface area contributed by atoms with E-state index in [1.807, 2.05) is 42.1 Å². The first kappa shape index (κ1) is 14.2. The van der Waals surface area contributed by atoms with E-state index < -0.39 is 0 Å². The van der Waals surface area contributed by atoms with Crippen molar-refractivity contribution in [2.45, 2.75) is 13.5 Å². The summed E-state index contributed by atoms with van der Waals surface area (Å²) in [6, 6.07) is 7.51. The molecule has 0 bridgehead atoms. The van der Waals surface area contributed by atoms with Gasteiger partial charge < -0.3 is 0 Å². The second-order valence-electron chi connectivity index (χ2n) is 5.41. The fourth-order valence-electron chi connectivity index (χ4n) is 2.74. The van der Waals surface area contributed by atoms with E-state index in [0.717, 1.165) is 33.4 Å². The summed E-state index contributed by atoms with van der Waals surface area (Å²) < 4.78 is 6.19. The van der Waals surface area contributed by atoms with Crippen molar-refractivity contribution in [3.8, 4) is 11.3 Å². The van der Waals surface area contributed by atoms with Crippen LogP contribution in [0, 0.1) is 0 Å². The molecule has 4 rings (SSSR count). The van der Waals surface area contributed by atoms with E-state index in [9.17, 15) is 4.79 Å². The van der Waals surface area contributed by atoms with Gasteiger partial charge in [-0.25, -0.2) is 4.52 Å². The zero-order chi connectivity index (χ0) is 16.1. The fraction of sp³-hybridized carbons (Fsp3) is 0.188. The van der Waals surface area contributed by atoms with Gasteiger partial charge in [-0.2, -0.15) is 10.2 Å². The van der Waals surface area contributed by atoms with Gasteiger partial charge in [0.15, 0.2) is 0 Å². The van der Waals surface area contributed by atoms with Crippen LogP contribution in [-0.4, -0.2) is 24.0 Å². The molecule has 0 aliphatic rings. The summed E-state index contributed by atoms with van der Waals surface area (Å²) in [4.78, 5) is 12.5. The average molecular weight is 372 g/mol. The lowest BCUT2D eigenvalue weighted by atomic mass is 10.2. The van der Waals surface area contributed by atoms with Crippen LogP contribution < -0.4 is 5.56 Å². The van der Waals surface area contributed by atoms with Crippen LogP contribution in [0.1, 0.15) is 6.92 Å². The number of hydrogen-bond donors (Lipinski definition) is 0. The summed E-state index contributed by atoms with van der Waals surface area (Å²) in [6.07, 6.45) is 3.75. The molecule has 116 valence electrons. The third kappa shape index (κ3) is 2.11. The summed E-state index contributed by atoms with van der Waals surface area (Å²) >= 11 is 3.46. The molecule has 0 fully saturated rings. The van der Waals surface area contributed by atoms with Crippen LogP contribution in [0.3, 0.4) is 0 Å². The maximum absolute atomic E-state index is 12.5. The number of aromatic nitrogens is 5. The summed E-state index contributed by atoms with van der Waals surface area (Å²) in [7, 11) is 1.76. The Morgan fingerprint density at radius 2 is 2.09 bits per heavy atom. The molecule has 4 aromatic rings. The fourth-order valence-corrected chi connectivity index (χ4v) is 3.09. The zero-order valence-electron chi connectivity index (χ0n) is 12.7. The lowest BCUT2D eigenvalue weighted by molar-refractivity contribution is 0.660. The number of halogens is 1. The molecule has 0 saturated heterocycles. The molecule has 0 aliphatic carbocycles. The molecule has 0 atom stereocenters. The Hall–Kier alpha value is -2.41. The van der Waals surface area contributed by atoms with Gasteiger partial charge in [-0.3, -0.25) is 14.0 Å². The highest BCUT2D eigenvalue weighted by Crippen LogP contribution is 2.23. The normalized spacial score (nSPS) is 11.6. The van der Waals surface area contributed by atoms with Crippen molar-refractivity contribution in [1.29, 1.82) is 0 Å². The summed E-state index contributed by atoms with van der Waals surface area (Å²) in [5.74, 6) is 0. The SMILES string of the molecule is CCn1cc(-c2cc3n(C)c(=O)c4ccc(Br)cc4n3n2)cn1. The molecule has 0 saturated carbocycles. The largest absolute Gasteiger partial charge is 0.296 e. The second-order valence-corrected chi connectivity index (χ2v) is 6.33. The summed E-state index contributed by atoms with van der Waals surface area (Å²) in [5.41, 5.74) is 3.24. The third-order valence-corrected chi connectivity index (χ3v) is 4.50. The highest BCUT2D eigenvalue weighted by atomic mass is 79.9. The van der Waals surface area contributed by atoms with Crippen molar-refractivity contribution < 1.29 is 0 Å². The van der Waals surface area contributed by atoms with E-state index in [1.54, 1.807) is 22.3 Å². The lowest BCUT2D eigenvalue weighted by Gasteiger charge is -2.06. The Balaban J connectivity index is 2.08. The van der Waals surface area contributed by atoms with Crippen LogP contribution >= 0.6 is 15.9 Å². The Morgan fingerprint density at radius 1 is 1.26 bits per heavy atom. The minimum atomic E-state index is -0.0318. The van der Waals surface area contributed by atoms with E-state index in [0.29, 0.717) is 5.39 Å². The van der Waals surface area contributed by atoms with Crippen molar-refractivity contribution in [1.82, 2.24) is 24.0 Å². The molecular weight excluding hydrogens is 358 g/mol. The predicted octanol–water partition coefficient (Wildman–Crippen LogP) is 2.83. The van der Waals surface area contributed by atoms with Crippen molar-refractivity contribution >= 4 is 32.5 Å². The van der Waals surface area contributed by atoms with Crippen LogP contribution in [0.15, 0.2) is 45.9 Å². The summed E-state index contributed by atoms with van der Waals surface area (Å²) in [5, 5.41) is 9.61. The first-order chi connectivity index (χ1) is 11.1. The summed E-state index contributed by atoms with van der Waals surface area (Å²) in [6.45, 7) is 2.84. The Morgan fingerprint density at radius 3 is 2.83 bits per heavy atom. The van der Waals surface area contributed by atoms with Gasteiger partial charge in [0.05, 0.1) is 22.8 Å². The monoisotopic (exact) mass is 371 g/mol. The van der Waals surface area contributed by atoms with Gasteiger partial charge in [-0.15, -0.1) is 0 Å². The maximum Gasteiger partial charge on any atom is 0.261 e. The predicted molar refractivity (Wildman–Crippen MR) is 92.5 cm³/mol. The van der Waals surface area contributed by atoms with E-state index in [4.69, 9.17) is 0 Å². The minimum Gasteiger partial charge on any atom is -0.296 e. The van der Waals surface area contributed by atoms with E-state index in [1.165, 1.54) is 0 Å². The van der Waals surface area contributed by atoms with E-state index in [-0.39, 0.29) is 5.56 Å². The molecular formula is C16H14BrN5O. The molecule has 0 radical (unpaired) electrons. The van der Waals surface area contributed by atoms with Gasteiger partial charge in [0.25, 0.3) is 5.56 Å². The maximum atomic E-state index is 12.5. The number of hydrogen-bond acceptors (Lipinski definition) is 3. The van der Waals surface area contributed by atoms with Gasteiger partial charge >= 0.3 is 0 Å². The standard InChI is InChI=1S/C16H14BrN5O/c1-3-21-9-10(8-18-21)13-7-15-20(2)16(23)12-5-4-11(17)6-14(12)22(15)19-13/h4-9H,3H2,1-2H3. The lowest BCUT2D eigenvalue weighted by Crippen LogP contribution is -2.19.